The van der Waals surface area contributed by atoms with Gasteiger partial charge in [-0.2, -0.15) is 4.31 Å². The van der Waals surface area contributed by atoms with Gasteiger partial charge in [0.05, 0.1) is 15.8 Å². The molecule has 1 aliphatic carbocycles. The second-order valence-corrected chi connectivity index (χ2v) is 10.8. The second-order valence-electron chi connectivity index (χ2n) is 8.31. The normalized spacial score (nSPS) is 26.5. The minimum absolute atomic E-state index is 0.0281. The Morgan fingerprint density at radius 1 is 1.03 bits per heavy atom. The molecule has 1 aromatic heterocycles. The summed E-state index contributed by atoms with van der Waals surface area (Å²) in [4.78, 5) is 8.52. The van der Waals surface area contributed by atoms with Crippen molar-refractivity contribution in [3.05, 3.63) is 41.2 Å². The van der Waals surface area contributed by atoms with Crippen LogP contribution in [0.2, 0.25) is 5.02 Å². The Morgan fingerprint density at radius 2 is 1.70 bits per heavy atom. The number of benzene rings is 1. The summed E-state index contributed by atoms with van der Waals surface area (Å²) in [5.74, 6) is 1.38. The molecule has 5 rings (SSSR count). The zero-order chi connectivity index (χ0) is 20.9. The SMILES string of the molecule is Cc1c(Oc2ccccc2Cl)ncnc1OC1C[C@@H]2CC[C@@H](C1)N2S(=O)(=O)C1CC1. The summed E-state index contributed by atoms with van der Waals surface area (Å²) < 4.78 is 39.5. The molecule has 0 spiro atoms. The van der Waals surface area contributed by atoms with E-state index in [2.05, 4.69) is 9.97 Å². The zero-order valence-corrected chi connectivity index (χ0v) is 18.3. The molecule has 7 nitrogen and oxygen atoms in total. The summed E-state index contributed by atoms with van der Waals surface area (Å²) in [6.45, 7) is 1.85. The number of fused-ring (bicyclic) bond motifs is 2. The van der Waals surface area contributed by atoms with Crippen molar-refractivity contribution in [3.63, 3.8) is 0 Å². The molecule has 0 radical (unpaired) electrons. The van der Waals surface area contributed by atoms with E-state index in [0.717, 1.165) is 25.7 Å². The lowest BCUT2D eigenvalue weighted by atomic mass is 10.0. The largest absolute Gasteiger partial charge is 0.474 e. The Labute approximate surface area is 181 Å². The Bertz CT molecular complexity index is 1050. The number of hydrogen-bond donors (Lipinski definition) is 0. The highest BCUT2D eigenvalue weighted by atomic mass is 35.5. The van der Waals surface area contributed by atoms with E-state index in [1.807, 2.05) is 19.1 Å². The van der Waals surface area contributed by atoms with Crippen molar-refractivity contribution < 1.29 is 17.9 Å². The van der Waals surface area contributed by atoms with Gasteiger partial charge in [0.15, 0.2) is 0 Å². The van der Waals surface area contributed by atoms with Crippen LogP contribution < -0.4 is 9.47 Å². The number of sulfonamides is 1. The van der Waals surface area contributed by atoms with E-state index in [4.69, 9.17) is 21.1 Å². The van der Waals surface area contributed by atoms with Crippen molar-refractivity contribution >= 4 is 21.6 Å². The zero-order valence-electron chi connectivity index (χ0n) is 16.7. The molecule has 2 atom stereocenters. The van der Waals surface area contributed by atoms with Gasteiger partial charge in [-0.1, -0.05) is 23.7 Å². The van der Waals surface area contributed by atoms with E-state index in [-0.39, 0.29) is 23.4 Å². The first-order chi connectivity index (χ1) is 14.4. The maximum absolute atomic E-state index is 12.8. The third-order valence-electron chi connectivity index (χ3n) is 6.18. The van der Waals surface area contributed by atoms with Gasteiger partial charge in [-0.3, -0.25) is 0 Å². The van der Waals surface area contributed by atoms with Crippen LogP contribution in [-0.2, 0) is 10.0 Å². The Kier molecular flexibility index (Phi) is 5.11. The van der Waals surface area contributed by atoms with Crippen LogP contribution >= 0.6 is 11.6 Å². The lowest BCUT2D eigenvalue weighted by Gasteiger charge is -2.37. The Morgan fingerprint density at radius 3 is 2.37 bits per heavy atom. The quantitative estimate of drug-likeness (QED) is 0.660. The second kappa shape index (κ2) is 7.66. The Balaban J connectivity index is 1.31. The van der Waals surface area contributed by atoms with Gasteiger partial charge in [-0.25, -0.2) is 18.4 Å². The molecule has 3 heterocycles. The molecule has 0 N–H and O–H groups in total. The number of rotatable bonds is 6. The van der Waals surface area contributed by atoms with E-state index in [9.17, 15) is 8.42 Å². The van der Waals surface area contributed by atoms with Crippen LogP contribution in [0.5, 0.6) is 17.5 Å². The average Bonchev–Trinajstić information content (AvgIpc) is 3.53. The van der Waals surface area contributed by atoms with Crippen LogP contribution in [0.3, 0.4) is 0 Å². The topological polar surface area (TPSA) is 81.6 Å². The maximum Gasteiger partial charge on any atom is 0.229 e. The predicted octanol–water partition coefficient (Wildman–Crippen LogP) is 4.10. The molecule has 2 aromatic rings. The first-order valence-electron chi connectivity index (χ1n) is 10.4. The van der Waals surface area contributed by atoms with Gasteiger partial charge in [-0.05, 0) is 44.7 Å². The van der Waals surface area contributed by atoms with Crippen molar-refractivity contribution in [2.45, 2.75) is 68.9 Å². The fourth-order valence-corrected chi connectivity index (χ4v) is 7.03. The molecule has 3 fully saturated rings. The standard InChI is InChI=1S/C21H24ClN3O4S/c1-13-20(23-12-24-21(13)29-19-5-3-2-4-18(19)22)28-16-10-14-6-7-15(11-16)25(14)30(26,27)17-8-9-17/h2-5,12,14-17H,6-11H2,1H3/t14-,15-/m0/s1. The highest BCUT2D eigenvalue weighted by Gasteiger charge is 2.52. The lowest BCUT2D eigenvalue weighted by Crippen LogP contribution is -2.50. The molecule has 2 aliphatic heterocycles. The molecule has 9 heteroatoms. The van der Waals surface area contributed by atoms with Crippen molar-refractivity contribution in [2.75, 3.05) is 0 Å². The number of para-hydroxylation sites is 1. The van der Waals surface area contributed by atoms with Crippen LogP contribution in [0.25, 0.3) is 0 Å². The maximum atomic E-state index is 12.8. The molecule has 0 amide bonds. The third-order valence-corrected chi connectivity index (χ3v) is 8.99. The number of nitrogens with zero attached hydrogens (tertiary/aromatic N) is 3. The molecule has 30 heavy (non-hydrogen) atoms. The van der Waals surface area contributed by atoms with Crippen molar-refractivity contribution in [3.8, 4) is 17.5 Å². The summed E-state index contributed by atoms with van der Waals surface area (Å²) >= 11 is 6.18. The fraction of sp³-hybridized carbons (Fsp3) is 0.524. The summed E-state index contributed by atoms with van der Waals surface area (Å²) in [6.07, 6.45) is 6.11. The first-order valence-corrected chi connectivity index (χ1v) is 12.2. The molecular formula is C21H24ClN3O4S. The number of ether oxygens (including phenoxy) is 2. The highest BCUT2D eigenvalue weighted by Crippen LogP contribution is 2.44. The number of piperidine rings is 1. The first kappa shape index (κ1) is 20.0. The summed E-state index contributed by atoms with van der Waals surface area (Å²) in [5.41, 5.74) is 0.692. The molecule has 0 unspecified atom stereocenters. The van der Waals surface area contributed by atoms with E-state index in [1.165, 1.54) is 6.33 Å². The molecule has 160 valence electrons. The minimum atomic E-state index is -3.15. The number of halogens is 1. The predicted molar refractivity (Wildman–Crippen MR) is 113 cm³/mol. The summed E-state index contributed by atoms with van der Waals surface area (Å²) in [7, 11) is -3.15. The van der Waals surface area contributed by atoms with Gasteiger partial charge in [-0.15, -0.1) is 0 Å². The van der Waals surface area contributed by atoms with Crippen LogP contribution in [0.1, 0.15) is 44.1 Å². The van der Waals surface area contributed by atoms with Gasteiger partial charge >= 0.3 is 0 Å². The Hall–Kier alpha value is -1.90. The van der Waals surface area contributed by atoms with Crippen molar-refractivity contribution in [2.24, 2.45) is 0 Å². The van der Waals surface area contributed by atoms with Crippen LogP contribution in [0.15, 0.2) is 30.6 Å². The van der Waals surface area contributed by atoms with E-state index < -0.39 is 10.0 Å². The van der Waals surface area contributed by atoms with Crippen molar-refractivity contribution in [1.29, 1.82) is 0 Å². The van der Waals surface area contributed by atoms with Crippen LogP contribution in [0, 0.1) is 6.92 Å². The molecule has 1 saturated carbocycles. The van der Waals surface area contributed by atoms with E-state index >= 15 is 0 Å². The van der Waals surface area contributed by atoms with Gasteiger partial charge in [0.1, 0.15) is 18.2 Å². The summed E-state index contributed by atoms with van der Waals surface area (Å²) in [5, 5.41) is 0.338. The van der Waals surface area contributed by atoms with Crippen molar-refractivity contribution in [1.82, 2.24) is 14.3 Å². The smallest absolute Gasteiger partial charge is 0.229 e. The van der Waals surface area contributed by atoms with Gasteiger partial charge < -0.3 is 9.47 Å². The molecule has 2 saturated heterocycles. The summed E-state index contributed by atoms with van der Waals surface area (Å²) in [6, 6.07) is 7.26. The van der Waals surface area contributed by atoms with Gasteiger partial charge in [0.2, 0.25) is 21.8 Å². The monoisotopic (exact) mass is 449 g/mol. The van der Waals surface area contributed by atoms with E-state index in [0.29, 0.717) is 40.9 Å². The number of hydrogen-bond acceptors (Lipinski definition) is 6. The number of aromatic nitrogens is 2. The van der Waals surface area contributed by atoms with Crippen LogP contribution in [-0.4, -0.2) is 46.1 Å². The fourth-order valence-electron chi connectivity index (χ4n) is 4.56. The van der Waals surface area contributed by atoms with Gasteiger partial charge in [0.25, 0.3) is 0 Å². The highest BCUT2D eigenvalue weighted by molar-refractivity contribution is 7.90. The average molecular weight is 450 g/mol. The molecule has 3 aliphatic rings. The van der Waals surface area contributed by atoms with Gasteiger partial charge in [0, 0.05) is 24.9 Å². The lowest BCUT2D eigenvalue weighted by molar-refractivity contribution is 0.0906. The van der Waals surface area contributed by atoms with Crippen LogP contribution in [0.4, 0.5) is 0 Å². The molecular weight excluding hydrogens is 426 g/mol. The molecule has 2 bridgehead atoms. The van der Waals surface area contributed by atoms with E-state index in [1.54, 1.807) is 16.4 Å². The third kappa shape index (κ3) is 3.65. The molecule has 1 aromatic carbocycles. The minimum Gasteiger partial charge on any atom is -0.474 e.